The van der Waals surface area contributed by atoms with Crippen molar-refractivity contribution in [2.45, 2.75) is 20.4 Å². The molecule has 0 spiro atoms. The van der Waals surface area contributed by atoms with Crippen molar-refractivity contribution in [2.75, 3.05) is 33.8 Å². The third-order valence-electron chi connectivity index (χ3n) is 3.08. The number of fused-ring (bicyclic) bond motifs is 1. The Morgan fingerprint density at radius 2 is 2.25 bits per heavy atom. The van der Waals surface area contributed by atoms with Crippen LogP contribution in [0.1, 0.15) is 24.3 Å². The van der Waals surface area contributed by atoms with Crippen LogP contribution < -0.4 is 10.1 Å². The van der Waals surface area contributed by atoms with Gasteiger partial charge in [0.25, 0.3) is 5.91 Å². The van der Waals surface area contributed by atoms with Gasteiger partial charge in [-0.2, -0.15) is 5.10 Å². The number of ether oxygens (including phenoxy) is 1. The number of carbonyl (C=O) groups excluding carboxylic acids is 1. The van der Waals surface area contributed by atoms with E-state index in [1.807, 2.05) is 14.1 Å². The highest BCUT2D eigenvalue weighted by molar-refractivity contribution is 6.34. The van der Waals surface area contributed by atoms with Gasteiger partial charge in [0.2, 0.25) is 5.88 Å². The molecule has 1 aliphatic heterocycles. The van der Waals surface area contributed by atoms with Gasteiger partial charge in [-0.15, -0.1) is 0 Å². The first-order valence-corrected chi connectivity index (χ1v) is 7.00. The molecule has 0 aliphatic carbocycles. The monoisotopic (exact) mass is 300 g/mol. The van der Waals surface area contributed by atoms with E-state index in [9.17, 15) is 4.79 Å². The molecule has 0 bridgehead atoms. The zero-order valence-electron chi connectivity index (χ0n) is 12.4. The van der Waals surface area contributed by atoms with Gasteiger partial charge in [-0.25, -0.2) is 4.68 Å². The molecule has 2 heterocycles. The fourth-order valence-corrected chi connectivity index (χ4v) is 2.68. The van der Waals surface area contributed by atoms with Crippen LogP contribution in [0, 0.1) is 5.41 Å². The van der Waals surface area contributed by atoms with Gasteiger partial charge >= 0.3 is 0 Å². The second-order valence-corrected chi connectivity index (χ2v) is 6.50. The Kier molecular flexibility index (Phi) is 4.25. The molecule has 7 heteroatoms. The molecule has 112 valence electrons. The molecule has 1 N–H and O–H groups in total. The van der Waals surface area contributed by atoms with E-state index in [-0.39, 0.29) is 17.0 Å². The molecule has 0 unspecified atom stereocenters. The molecule has 1 aromatic heterocycles. The van der Waals surface area contributed by atoms with Crippen molar-refractivity contribution in [2.24, 2.45) is 5.41 Å². The van der Waals surface area contributed by atoms with Crippen LogP contribution in [0.25, 0.3) is 0 Å². The lowest BCUT2D eigenvalue weighted by atomic mass is 9.93. The maximum absolute atomic E-state index is 12.2. The first-order valence-electron chi connectivity index (χ1n) is 6.62. The van der Waals surface area contributed by atoms with Crippen LogP contribution in [0.4, 0.5) is 0 Å². The van der Waals surface area contributed by atoms with Crippen LogP contribution in [0.15, 0.2) is 0 Å². The molecule has 20 heavy (non-hydrogen) atoms. The molecule has 0 saturated carbocycles. The zero-order chi connectivity index (χ0) is 14.9. The van der Waals surface area contributed by atoms with E-state index in [1.165, 1.54) is 0 Å². The minimum atomic E-state index is -0.257. The van der Waals surface area contributed by atoms with E-state index in [0.29, 0.717) is 30.6 Å². The van der Waals surface area contributed by atoms with Crippen molar-refractivity contribution in [1.29, 1.82) is 0 Å². The highest BCUT2D eigenvalue weighted by Crippen LogP contribution is 2.31. The standard InChI is InChI=1S/C13H21ClN4O2/c1-13(2,8-17(3)4)7-15-11(19)10-9(14)12-18(16-10)5-6-20-12/h5-8H2,1-4H3,(H,15,19). The van der Waals surface area contributed by atoms with Crippen LogP contribution in [-0.2, 0) is 6.54 Å². The highest BCUT2D eigenvalue weighted by atomic mass is 35.5. The second kappa shape index (κ2) is 5.61. The number of hydrogen-bond acceptors (Lipinski definition) is 4. The fourth-order valence-electron chi connectivity index (χ4n) is 2.40. The number of carbonyl (C=O) groups is 1. The van der Waals surface area contributed by atoms with Gasteiger partial charge in [0.05, 0.1) is 6.54 Å². The lowest BCUT2D eigenvalue weighted by Crippen LogP contribution is -2.40. The number of hydrogen-bond donors (Lipinski definition) is 1. The zero-order valence-corrected chi connectivity index (χ0v) is 13.1. The lowest BCUT2D eigenvalue weighted by Gasteiger charge is -2.28. The molecular weight excluding hydrogens is 280 g/mol. The molecule has 1 aromatic rings. The summed E-state index contributed by atoms with van der Waals surface area (Å²) in [5, 5.41) is 7.38. The summed E-state index contributed by atoms with van der Waals surface area (Å²) >= 11 is 6.12. The summed E-state index contributed by atoms with van der Waals surface area (Å²) < 4.78 is 6.97. The lowest BCUT2D eigenvalue weighted by molar-refractivity contribution is 0.0923. The van der Waals surface area contributed by atoms with E-state index >= 15 is 0 Å². The summed E-state index contributed by atoms with van der Waals surface area (Å²) in [6.07, 6.45) is 0. The first kappa shape index (κ1) is 15.1. The van der Waals surface area contributed by atoms with Gasteiger partial charge in [-0.05, 0) is 19.5 Å². The molecule has 6 nitrogen and oxygen atoms in total. The molecule has 2 rings (SSSR count). The maximum atomic E-state index is 12.2. The third-order valence-corrected chi connectivity index (χ3v) is 3.42. The van der Waals surface area contributed by atoms with Gasteiger partial charge in [-0.3, -0.25) is 4.79 Å². The largest absolute Gasteiger partial charge is 0.475 e. The Balaban J connectivity index is 1.99. The average molecular weight is 301 g/mol. The summed E-state index contributed by atoms with van der Waals surface area (Å²) in [5.74, 6) is 0.233. The minimum absolute atomic E-state index is 0.0232. The van der Waals surface area contributed by atoms with E-state index < -0.39 is 0 Å². The Morgan fingerprint density at radius 1 is 1.55 bits per heavy atom. The number of amides is 1. The van der Waals surface area contributed by atoms with E-state index in [0.717, 1.165) is 6.54 Å². The minimum Gasteiger partial charge on any atom is -0.475 e. The quantitative estimate of drug-likeness (QED) is 0.889. The van der Waals surface area contributed by atoms with Crippen molar-refractivity contribution in [1.82, 2.24) is 20.0 Å². The van der Waals surface area contributed by atoms with E-state index in [1.54, 1.807) is 4.68 Å². The van der Waals surface area contributed by atoms with Crippen LogP contribution >= 0.6 is 11.6 Å². The topological polar surface area (TPSA) is 59.4 Å². The molecule has 0 radical (unpaired) electrons. The van der Waals surface area contributed by atoms with Gasteiger partial charge < -0.3 is 15.0 Å². The van der Waals surface area contributed by atoms with Gasteiger partial charge in [0.1, 0.15) is 11.6 Å². The number of nitrogens with zero attached hydrogens (tertiary/aromatic N) is 3. The van der Waals surface area contributed by atoms with Crippen LogP contribution in [0.2, 0.25) is 5.02 Å². The summed E-state index contributed by atoms with van der Waals surface area (Å²) in [5.41, 5.74) is 0.215. The first-order chi connectivity index (χ1) is 9.30. The molecular formula is C13H21ClN4O2. The maximum Gasteiger partial charge on any atom is 0.273 e. The number of rotatable bonds is 5. The second-order valence-electron chi connectivity index (χ2n) is 6.12. The molecule has 1 amide bonds. The Morgan fingerprint density at radius 3 is 2.85 bits per heavy atom. The average Bonchev–Trinajstić information content (AvgIpc) is 2.88. The van der Waals surface area contributed by atoms with Crippen LogP contribution in [-0.4, -0.2) is 54.4 Å². The summed E-state index contributed by atoms with van der Waals surface area (Å²) in [7, 11) is 4.02. The third kappa shape index (κ3) is 3.24. The predicted molar refractivity (Wildman–Crippen MR) is 77.4 cm³/mol. The van der Waals surface area contributed by atoms with Crippen LogP contribution in [0.3, 0.4) is 0 Å². The van der Waals surface area contributed by atoms with E-state index in [4.69, 9.17) is 16.3 Å². The van der Waals surface area contributed by atoms with Crippen molar-refractivity contribution in [3.05, 3.63) is 10.7 Å². The van der Waals surface area contributed by atoms with Crippen LogP contribution in [0.5, 0.6) is 5.88 Å². The highest BCUT2D eigenvalue weighted by Gasteiger charge is 2.27. The van der Waals surface area contributed by atoms with Crippen molar-refractivity contribution in [3.63, 3.8) is 0 Å². The van der Waals surface area contributed by atoms with Gasteiger partial charge in [0.15, 0.2) is 5.69 Å². The molecule has 1 aliphatic rings. The van der Waals surface area contributed by atoms with Gasteiger partial charge in [-0.1, -0.05) is 25.4 Å². The van der Waals surface area contributed by atoms with Gasteiger partial charge in [0, 0.05) is 13.1 Å². The summed E-state index contributed by atoms with van der Waals surface area (Å²) in [6, 6.07) is 0. The molecule has 0 saturated heterocycles. The summed E-state index contributed by atoms with van der Waals surface area (Å²) in [4.78, 5) is 14.3. The predicted octanol–water partition coefficient (Wildman–Crippen LogP) is 1.25. The summed E-state index contributed by atoms with van der Waals surface area (Å²) in [6.45, 7) is 6.83. The SMILES string of the molecule is CN(C)CC(C)(C)CNC(=O)c1nn2c(c1Cl)OCC2. The number of nitrogens with one attached hydrogen (secondary N) is 1. The van der Waals surface area contributed by atoms with Crippen molar-refractivity contribution < 1.29 is 9.53 Å². The van der Waals surface area contributed by atoms with Crippen molar-refractivity contribution >= 4 is 17.5 Å². The molecule has 0 fully saturated rings. The normalized spacial score (nSPS) is 14.3. The number of aromatic nitrogens is 2. The number of halogens is 1. The molecule has 0 atom stereocenters. The Hall–Kier alpha value is -1.27. The van der Waals surface area contributed by atoms with Crippen molar-refractivity contribution in [3.8, 4) is 5.88 Å². The Labute approximate surface area is 124 Å². The molecule has 0 aromatic carbocycles. The smallest absolute Gasteiger partial charge is 0.273 e. The Bertz CT molecular complexity index is 511. The fraction of sp³-hybridized carbons (Fsp3) is 0.692. The van der Waals surface area contributed by atoms with E-state index in [2.05, 4.69) is 29.2 Å².